The number of likely N-dealkylation sites (N-methyl/N-ethyl adjacent to an activating group) is 1. The minimum Gasteiger partial charge on any atom is -0.468 e. The van der Waals surface area contributed by atoms with Gasteiger partial charge in [0.15, 0.2) is 0 Å². The van der Waals surface area contributed by atoms with E-state index in [1.54, 1.807) is 6.26 Å². The van der Waals surface area contributed by atoms with Crippen molar-refractivity contribution in [1.29, 1.82) is 0 Å². The van der Waals surface area contributed by atoms with Crippen LogP contribution in [0.3, 0.4) is 0 Å². The molecule has 4 nitrogen and oxygen atoms in total. The van der Waals surface area contributed by atoms with E-state index in [0.717, 1.165) is 50.0 Å². The Labute approximate surface area is 116 Å². The highest BCUT2D eigenvalue weighted by molar-refractivity contribution is 5.15. The molecule has 0 aliphatic heterocycles. The van der Waals surface area contributed by atoms with Crippen molar-refractivity contribution in [3.05, 3.63) is 23.7 Å². The Kier molecular flexibility index (Phi) is 5.89. The second-order valence-electron chi connectivity index (χ2n) is 5.31. The Morgan fingerprint density at radius 2 is 2.32 bits per heavy atom. The molecule has 1 aliphatic rings. The van der Waals surface area contributed by atoms with E-state index in [1.165, 1.54) is 12.8 Å². The van der Waals surface area contributed by atoms with Crippen LogP contribution in [0.4, 0.5) is 0 Å². The normalized spacial score (nSPS) is 15.3. The van der Waals surface area contributed by atoms with Crippen LogP contribution in [0.2, 0.25) is 0 Å². The van der Waals surface area contributed by atoms with Gasteiger partial charge in [0.1, 0.15) is 5.76 Å². The molecule has 0 radical (unpaired) electrons. The van der Waals surface area contributed by atoms with E-state index < -0.39 is 0 Å². The highest BCUT2D eigenvalue weighted by Crippen LogP contribution is 2.24. The van der Waals surface area contributed by atoms with Crippen LogP contribution in [0.5, 0.6) is 0 Å². The molecule has 0 aromatic carbocycles. The molecule has 1 aromatic rings. The molecule has 1 heterocycles. The maximum Gasteiger partial charge on any atom is 0.123 e. The zero-order valence-corrected chi connectivity index (χ0v) is 12.2. The van der Waals surface area contributed by atoms with E-state index in [4.69, 9.17) is 9.15 Å². The maximum atomic E-state index is 5.74. The van der Waals surface area contributed by atoms with Gasteiger partial charge in [-0.1, -0.05) is 6.92 Å². The van der Waals surface area contributed by atoms with Crippen LogP contribution in [-0.4, -0.2) is 37.7 Å². The van der Waals surface area contributed by atoms with E-state index in [9.17, 15) is 0 Å². The van der Waals surface area contributed by atoms with Crippen LogP contribution in [-0.2, 0) is 17.9 Å². The van der Waals surface area contributed by atoms with Gasteiger partial charge in [-0.05, 0) is 38.9 Å². The lowest BCUT2D eigenvalue weighted by atomic mass is 10.2. The lowest BCUT2D eigenvalue weighted by Gasteiger charge is -2.15. The summed E-state index contributed by atoms with van der Waals surface area (Å²) in [5.74, 6) is 1.00. The van der Waals surface area contributed by atoms with Crippen LogP contribution in [0.15, 0.2) is 16.7 Å². The summed E-state index contributed by atoms with van der Waals surface area (Å²) in [5.41, 5.74) is 1.16. The van der Waals surface area contributed by atoms with Gasteiger partial charge in [-0.3, -0.25) is 0 Å². The molecule has 108 valence electrons. The molecule has 1 aromatic heterocycles. The van der Waals surface area contributed by atoms with Crippen molar-refractivity contribution in [3.63, 3.8) is 0 Å². The van der Waals surface area contributed by atoms with Crippen molar-refractivity contribution < 1.29 is 9.15 Å². The Balaban J connectivity index is 1.63. The highest BCUT2D eigenvalue weighted by Gasteiger charge is 2.25. The molecule has 0 unspecified atom stereocenters. The van der Waals surface area contributed by atoms with Crippen molar-refractivity contribution >= 4 is 0 Å². The van der Waals surface area contributed by atoms with Crippen molar-refractivity contribution in [2.75, 3.05) is 26.7 Å². The predicted octanol–water partition coefficient (Wildman–Crippen LogP) is 2.39. The average Bonchev–Trinajstić information content (AvgIpc) is 3.17. The lowest BCUT2D eigenvalue weighted by molar-refractivity contribution is 0.0968. The molecular formula is C15H26N2O2. The van der Waals surface area contributed by atoms with E-state index >= 15 is 0 Å². The SMILES string of the molecule is CCCNCc1occc1COCCN(C)C1CC1. The van der Waals surface area contributed by atoms with Crippen LogP contribution in [0, 0.1) is 0 Å². The predicted molar refractivity (Wildman–Crippen MR) is 76.0 cm³/mol. The second-order valence-corrected chi connectivity index (χ2v) is 5.31. The molecule has 19 heavy (non-hydrogen) atoms. The molecule has 0 spiro atoms. The lowest BCUT2D eigenvalue weighted by Crippen LogP contribution is -2.25. The number of nitrogens with zero attached hydrogens (tertiary/aromatic N) is 1. The summed E-state index contributed by atoms with van der Waals surface area (Å²) in [6.07, 6.45) is 5.59. The molecule has 4 heteroatoms. The summed E-state index contributed by atoms with van der Waals surface area (Å²) < 4.78 is 11.2. The van der Waals surface area contributed by atoms with Crippen molar-refractivity contribution in [2.45, 2.75) is 45.4 Å². The third-order valence-electron chi connectivity index (χ3n) is 3.57. The summed E-state index contributed by atoms with van der Waals surface area (Å²) in [4.78, 5) is 2.39. The fourth-order valence-corrected chi connectivity index (χ4v) is 2.12. The first-order valence-electron chi connectivity index (χ1n) is 7.35. The van der Waals surface area contributed by atoms with Gasteiger partial charge in [0.2, 0.25) is 0 Å². The third kappa shape index (κ3) is 4.97. The summed E-state index contributed by atoms with van der Waals surface area (Å²) >= 11 is 0. The molecule has 1 aliphatic carbocycles. The van der Waals surface area contributed by atoms with Gasteiger partial charge < -0.3 is 19.4 Å². The molecule has 1 N–H and O–H groups in total. The number of furan rings is 1. The maximum absolute atomic E-state index is 5.74. The fourth-order valence-electron chi connectivity index (χ4n) is 2.12. The van der Waals surface area contributed by atoms with Crippen LogP contribution < -0.4 is 5.32 Å². The molecule has 0 atom stereocenters. The van der Waals surface area contributed by atoms with Crippen molar-refractivity contribution in [3.8, 4) is 0 Å². The van der Waals surface area contributed by atoms with Gasteiger partial charge in [0.05, 0.1) is 26.0 Å². The standard InChI is InChI=1S/C15H26N2O2/c1-3-7-16-11-15-13(6-9-19-15)12-18-10-8-17(2)14-4-5-14/h6,9,14,16H,3-5,7-8,10-12H2,1-2H3. The number of hydrogen-bond donors (Lipinski definition) is 1. The second kappa shape index (κ2) is 7.68. The Hall–Kier alpha value is -0.840. The van der Waals surface area contributed by atoms with Crippen molar-refractivity contribution in [1.82, 2.24) is 10.2 Å². The van der Waals surface area contributed by atoms with Gasteiger partial charge in [-0.25, -0.2) is 0 Å². The van der Waals surface area contributed by atoms with E-state index in [2.05, 4.69) is 24.2 Å². The topological polar surface area (TPSA) is 37.6 Å². The van der Waals surface area contributed by atoms with Gasteiger partial charge in [0.25, 0.3) is 0 Å². The zero-order valence-electron chi connectivity index (χ0n) is 12.2. The number of ether oxygens (including phenoxy) is 1. The van der Waals surface area contributed by atoms with Crippen molar-refractivity contribution in [2.24, 2.45) is 0 Å². The molecule has 2 rings (SSSR count). The van der Waals surface area contributed by atoms with Gasteiger partial charge in [0, 0.05) is 18.2 Å². The highest BCUT2D eigenvalue weighted by atomic mass is 16.5. The first kappa shape index (κ1) is 14.6. The summed E-state index contributed by atoms with van der Waals surface area (Å²) in [6.45, 7) is 6.44. The Bertz CT molecular complexity index is 361. The largest absolute Gasteiger partial charge is 0.468 e. The first-order valence-corrected chi connectivity index (χ1v) is 7.35. The quantitative estimate of drug-likeness (QED) is 0.660. The Morgan fingerprint density at radius 1 is 1.47 bits per heavy atom. The molecule has 0 bridgehead atoms. The van der Waals surface area contributed by atoms with E-state index in [-0.39, 0.29) is 0 Å². The smallest absolute Gasteiger partial charge is 0.123 e. The van der Waals surface area contributed by atoms with Crippen LogP contribution in [0.25, 0.3) is 0 Å². The fraction of sp³-hybridized carbons (Fsp3) is 0.733. The van der Waals surface area contributed by atoms with E-state index in [1.807, 2.05) is 6.07 Å². The molecular weight excluding hydrogens is 240 g/mol. The third-order valence-corrected chi connectivity index (χ3v) is 3.57. The zero-order chi connectivity index (χ0) is 13.5. The molecule has 0 saturated heterocycles. The molecule has 1 fully saturated rings. The van der Waals surface area contributed by atoms with Crippen LogP contribution >= 0.6 is 0 Å². The minimum absolute atomic E-state index is 0.651. The summed E-state index contributed by atoms with van der Waals surface area (Å²) in [7, 11) is 2.18. The summed E-state index contributed by atoms with van der Waals surface area (Å²) in [6, 6.07) is 2.82. The Morgan fingerprint density at radius 3 is 3.05 bits per heavy atom. The monoisotopic (exact) mass is 266 g/mol. The van der Waals surface area contributed by atoms with Gasteiger partial charge >= 0.3 is 0 Å². The number of rotatable bonds is 10. The molecule has 1 saturated carbocycles. The average molecular weight is 266 g/mol. The van der Waals surface area contributed by atoms with Gasteiger partial charge in [-0.2, -0.15) is 0 Å². The first-order chi connectivity index (χ1) is 9.31. The van der Waals surface area contributed by atoms with E-state index in [0.29, 0.717) is 6.61 Å². The number of nitrogens with one attached hydrogen (secondary N) is 1. The summed E-state index contributed by atoms with van der Waals surface area (Å²) in [5, 5.41) is 3.35. The molecule has 0 amide bonds. The minimum atomic E-state index is 0.651. The van der Waals surface area contributed by atoms with Crippen LogP contribution in [0.1, 0.15) is 37.5 Å². The number of hydrogen-bond acceptors (Lipinski definition) is 4. The van der Waals surface area contributed by atoms with Gasteiger partial charge in [-0.15, -0.1) is 0 Å².